The highest BCUT2D eigenvalue weighted by Gasteiger charge is 2.35. The molecule has 2 heterocycles. The Kier molecular flexibility index (Phi) is 9.31. The molecule has 6 nitrogen and oxygen atoms in total. The highest BCUT2D eigenvalue weighted by molar-refractivity contribution is 8.00. The Morgan fingerprint density at radius 3 is 2.28 bits per heavy atom. The maximum absolute atomic E-state index is 13.7. The fourth-order valence-corrected chi connectivity index (χ4v) is 5.48. The number of fused-ring (bicyclic) bond motifs is 2. The number of carbonyl (C=O) groups is 2. The first kappa shape index (κ1) is 27.9. The van der Waals surface area contributed by atoms with Crippen molar-refractivity contribution in [1.29, 1.82) is 0 Å². The smallest absolute Gasteiger partial charge is 0.446 e. The molecule has 0 amide bonds. The molecule has 1 fully saturated rings. The van der Waals surface area contributed by atoms with E-state index in [1.54, 1.807) is 18.2 Å². The molecule has 0 spiro atoms. The van der Waals surface area contributed by atoms with Crippen LogP contribution in [0.3, 0.4) is 0 Å². The van der Waals surface area contributed by atoms with Crippen molar-refractivity contribution in [2.45, 2.75) is 39.1 Å². The lowest BCUT2D eigenvalue weighted by Crippen LogP contribution is -2.34. The van der Waals surface area contributed by atoms with Crippen molar-refractivity contribution in [3.63, 3.8) is 0 Å². The van der Waals surface area contributed by atoms with E-state index in [4.69, 9.17) is 14.9 Å². The molecule has 36 heavy (non-hydrogen) atoms. The molecule has 2 N–H and O–H groups in total. The molecule has 12 heteroatoms. The van der Waals surface area contributed by atoms with Gasteiger partial charge in [-0.25, -0.2) is 14.0 Å². The topological polar surface area (TPSA) is 87.1 Å². The number of likely N-dealkylation sites (tertiary alicyclic amines) is 1. The molecule has 194 valence electrons. The zero-order valence-corrected chi connectivity index (χ0v) is 20.6. The second kappa shape index (κ2) is 12.0. The molecule has 0 aliphatic carbocycles. The van der Waals surface area contributed by atoms with Gasteiger partial charge >= 0.3 is 17.4 Å². The minimum Gasteiger partial charge on any atom is -0.484 e. The number of piperidine rings is 1. The summed E-state index contributed by atoms with van der Waals surface area (Å²) in [5, 5.41) is 15.6. The minimum absolute atomic E-state index is 0.117. The molecule has 2 aromatic carbocycles. The summed E-state index contributed by atoms with van der Waals surface area (Å²) < 4.78 is 58.7. The van der Waals surface area contributed by atoms with Gasteiger partial charge in [-0.3, -0.25) is 0 Å². The van der Waals surface area contributed by atoms with Crippen molar-refractivity contribution < 1.29 is 42.1 Å². The van der Waals surface area contributed by atoms with Crippen LogP contribution in [0.2, 0.25) is 0 Å². The number of carboxylic acids is 2. The number of thioether (sulfide) groups is 1. The summed E-state index contributed by atoms with van der Waals surface area (Å²) in [4.78, 5) is 23.0. The average molecular weight is 546 g/mol. The normalized spacial score (nSPS) is 18.3. The summed E-state index contributed by atoms with van der Waals surface area (Å²) in [6.45, 7) is 1.83. The number of ether oxygens (including phenoxy) is 1. The van der Waals surface area contributed by atoms with E-state index in [9.17, 15) is 27.2 Å². The number of benzene rings is 2. The highest BCUT2D eigenvalue weighted by atomic mass is 32.2. The maximum Gasteiger partial charge on any atom is 0.446 e. The van der Waals surface area contributed by atoms with E-state index in [-0.39, 0.29) is 34.5 Å². The van der Waals surface area contributed by atoms with Crippen LogP contribution in [0.15, 0.2) is 63.2 Å². The third-order valence-electron chi connectivity index (χ3n) is 5.46. The van der Waals surface area contributed by atoms with Crippen LogP contribution >= 0.6 is 23.5 Å². The zero-order valence-electron chi connectivity index (χ0n) is 19.0. The number of rotatable bonds is 4. The summed E-state index contributed by atoms with van der Waals surface area (Å²) >= 11 is 1.23. The Morgan fingerprint density at radius 2 is 1.69 bits per heavy atom. The molecule has 2 aliphatic rings. The summed E-state index contributed by atoms with van der Waals surface area (Å²) in [5.74, 6) is -2.10. The molecule has 1 atom stereocenters. The molecule has 2 aliphatic heterocycles. The Labute approximate surface area is 213 Å². The van der Waals surface area contributed by atoms with Gasteiger partial charge in [0, 0.05) is 33.4 Å². The third-order valence-corrected chi connectivity index (χ3v) is 7.31. The minimum atomic E-state index is -4.35. The number of aliphatic carboxylic acids is 2. The van der Waals surface area contributed by atoms with Gasteiger partial charge < -0.3 is 19.8 Å². The van der Waals surface area contributed by atoms with Crippen LogP contribution in [-0.4, -0.2) is 52.7 Å². The molecule has 1 unspecified atom stereocenters. The zero-order chi connectivity index (χ0) is 26.5. The van der Waals surface area contributed by atoms with E-state index in [0.29, 0.717) is 22.8 Å². The number of carboxylic acid groups (broad SMARTS) is 2. The molecule has 2 aromatic rings. The van der Waals surface area contributed by atoms with Crippen molar-refractivity contribution in [3.8, 4) is 5.75 Å². The van der Waals surface area contributed by atoms with Crippen molar-refractivity contribution in [2.75, 3.05) is 20.1 Å². The van der Waals surface area contributed by atoms with Gasteiger partial charge in [0.15, 0.2) is 0 Å². The van der Waals surface area contributed by atoms with Crippen molar-refractivity contribution >= 4 is 35.5 Å². The van der Waals surface area contributed by atoms with Gasteiger partial charge in [0.2, 0.25) is 0 Å². The summed E-state index contributed by atoms with van der Waals surface area (Å²) in [7, 11) is 2.06. The van der Waals surface area contributed by atoms with Gasteiger partial charge in [-0.05, 0) is 81.1 Å². The molecule has 4 rings (SSSR count). The number of hydrogen-bond acceptors (Lipinski definition) is 6. The van der Waals surface area contributed by atoms with Crippen molar-refractivity contribution in [3.05, 3.63) is 59.9 Å². The molecule has 1 saturated heterocycles. The number of hydrogen-bond donors (Lipinski definition) is 2. The first-order valence-electron chi connectivity index (χ1n) is 10.8. The molecular formula is C24H23F4NO5S2. The second-order valence-corrected chi connectivity index (χ2v) is 10.4. The van der Waals surface area contributed by atoms with Gasteiger partial charge in [-0.15, -0.1) is 0 Å². The fraction of sp³-hybridized carbons (Fsp3) is 0.333. The SMILES string of the molecule is CN1CCC(C2Oc3ccc(F)cc3Sc3ccc(SC(F)(F)F)cc32)CC1.O=C(O)C=CC(=O)O. The Hall–Kier alpha value is -2.70. The maximum atomic E-state index is 13.7. The monoisotopic (exact) mass is 545 g/mol. The van der Waals surface area contributed by atoms with Gasteiger partial charge in [-0.1, -0.05) is 11.8 Å². The summed E-state index contributed by atoms with van der Waals surface area (Å²) in [5.41, 5.74) is -3.59. The molecule has 0 saturated carbocycles. The quantitative estimate of drug-likeness (QED) is 0.272. The van der Waals surface area contributed by atoms with E-state index >= 15 is 0 Å². The number of halogens is 4. The van der Waals surface area contributed by atoms with Crippen LogP contribution in [-0.2, 0) is 9.59 Å². The standard InChI is InChI=1S/C20H19F4NOS2.C4H4O4/c1-25-8-6-12(7-9-25)19-15-11-14(28-20(22,23)24)3-5-17(15)27-18-10-13(21)2-4-16(18)26-19;5-3(6)1-2-4(7)8/h2-5,10-12,19H,6-9H2,1H3;1-2H,(H,5,6)(H,7,8). The predicted molar refractivity (Wildman–Crippen MR) is 127 cm³/mol. The van der Waals surface area contributed by atoms with Crippen molar-refractivity contribution in [1.82, 2.24) is 4.90 Å². The van der Waals surface area contributed by atoms with Crippen LogP contribution in [0.5, 0.6) is 5.75 Å². The fourth-order valence-electron chi connectivity index (χ4n) is 3.84. The van der Waals surface area contributed by atoms with E-state index in [0.717, 1.165) is 36.4 Å². The van der Waals surface area contributed by atoms with Gasteiger partial charge in [-0.2, -0.15) is 13.2 Å². The molecule has 0 aromatic heterocycles. The number of alkyl halides is 3. The lowest BCUT2D eigenvalue weighted by Gasteiger charge is -2.34. The van der Waals surface area contributed by atoms with E-state index < -0.39 is 17.4 Å². The van der Waals surface area contributed by atoms with Crippen LogP contribution in [0.25, 0.3) is 0 Å². The van der Waals surface area contributed by atoms with Crippen LogP contribution in [0.4, 0.5) is 17.6 Å². The van der Waals surface area contributed by atoms with Crippen LogP contribution < -0.4 is 4.74 Å². The lowest BCUT2D eigenvalue weighted by molar-refractivity contribution is -0.134. The van der Waals surface area contributed by atoms with E-state index in [1.165, 1.54) is 30.0 Å². The van der Waals surface area contributed by atoms with Crippen LogP contribution in [0.1, 0.15) is 24.5 Å². The van der Waals surface area contributed by atoms with Crippen LogP contribution in [0, 0.1) is 11.7 Å². The van der Waals surface area contributed by atoms with Gasteiger partial charge in [0.1, 0.15) is 17.7 Å². The van der Waals surface area contributed by atoms with Gasteiger partial charge in [0.05, 0.1) is 4.90 Å². The van der Waals surface area contributed by atoms with Crippen molar-refractivity contribution in [2.24, 2.45) is 5.92 Å². The summed E-state index contributed by atoms with van der Waals surface area (Å²) in [6, 6.07) is 9.13. The van der Waals surface area contributed by atoms with E-state index in [2.05, 4.69) is 11.9 Å². The Bertz CT molecular complexity index is 1120. The first-order valence-corrected chi connectivity index (χ1v) is 12.4. The third kappa shape index (κ3) is 8.17. The Morgan fingerprint density at radius 1 is 1.06 bits per heavy atom. The predicted octanol–water partition coefficient (Wildman–Crippen LogP) is 6.08. The Balaban J connectivity index is 0.000000392. The molecule has 0 radical (unpaired) electrons. The largest absolute Gasteiger partial charge is 0.484 e. The number of nitrogens with zero attached hydrogens (tertiary/aromatic N) is 1. The van der Waals surface area contributed by atoms with Gasteiger partial charge in [0.25, 0.3) is 0 Å². The molecular weight excluding hydrogens is 522 g/mol. The summed E-state index contributed by atoms with van der Waals surface area (Å²) in [6.07, 6.45) is 2.57. The highest BCUT2D eigenvalue weighted by Crippen LogP contribution is 2.49. The van der Waals surface area contributed by atoms with E-state index in [1.807, 2.05) is 0 Å². The average Bonchev–Trinajstić information content (AvgIpc) is 2.94. The lowest BCUT2D eigenvalue weighted by atomic mass is 9.87. The molecule has 0 bridgehead atoms. The second-order valence-electron chi connectivity index (χ2n) is 8.13. The first-order chi connectivity index (χ1) is 16.9.